The van der Waals surface area contributed by atoms with Crippen molar-refractivity contribution in [2.24, 2.45) is 0 Å². The maximum absolute atomic E-state index is 5.15. The summed E-state index contributed by atoms with van der Waals surface area (Å²) in [6.45, 7) is 6.21. The van der Waals surface area contributed by atoms with E-state index in [1.165, 1.54) is 22.9 Å². The minimum Gasteiger partial charge on any atom is -0.385 e. The SMILES string of the molecule is CCCNCCc1cn(CCCOC)c2ccccc12. The molecule has 1 aromatic heterocycles. The van der Waals surface area contributed by atoms with Crippen LogP contribution in [-0.2, 0) is 17.7 Å². The molecule has 1 heterocycles. The van der Waals surface area contributed by atoms with Gasteiger partial charge in [-0.25, -0.2) is 0 Å². The Balaban J connectivity index is 2.09. The molecule has 2 aromatic rings. The van der Waals surface area contributed by atoms with Gasteiger partial charge in [0.1, 0.15) is 0 Å². The summed E-state index contributed by atoms with van der Waals surface area (Å²) in [7, 11) is 1.76. The quantitative estimate of drug-likeness (QED) is 0.711. The predicted molar refractivity (Wildman–Crippen MR) is 85.3 cm³/mol. The average Bonchev–Trinajstić information content (AvgIpc) is 2.83. The van der Waals surface area contributed by atoms with Gasteiger partial charge in [-0.05, 0) is 44.0 Å². The highest BCUT2D eigenvalue weighted by Gasteiger charge is 2.07. The Bertz CT molecular complexity index is 519. The molecule has 3 heteroatoms. The van der Waals surface area contributed by atoms with Crippen molar-refractivity contribution in [2.45, 2.75) is 32.7 Å². The van der Waals surface area contributed by atoms with Gasteiger partial charge in [0.25, 0.3) is 0 Å². The zero-order valence-corrected chi connectivity index (χ0v) is 12.7. The van der Waals surface area contributed by atoms with Crippen LogP contribution in [0.15, 0.2) is 30.5 Å². The topological polar surface area (TPSA) is 26.2 Å². The third-order valence-corrected chi connectivity index (χ3v) is 3.62. The zero-order valence-electron chi connectivity index (χ0n) is 12.7. The third-order valence-electron chi connectivity index (χ3n) is 3.62. The molecule has 110 valence electrons. The first kappa shape index (κ1) is 15.1. The highest BCUT2D eigenvalue weighted by Crippen LogP contribution is 2.22. The van der Waals surface area contributed by atoms with Crippen molar-refractivity contribution in [1.82, 2.24) is 9.88 Å². The number of nitrogens with zero attached hydrogens (tertiary/aromatic N) is 1. The molecule has 0 bridgehead atoms. The van der Waals surface area contributed by atoms with Crippen molar-refractivity contribution in [3.63, 3.8) is 0 Å². The summed E-state index contributed by atoms with van der Waals surface area (Å²) in [5, 5.41) is 4.87. The van der Waals surface area contributed by atoms with Crippen molar-refractivity contribution in [3.8, 4) is 0 Å². The first-order valence-electron chi connectivity index (χ1n) is 7.63. The Hall–Kier alpha value is -1.32. The molecule has 0 unspecified atom stereocenters. The lowest BCUT2D eigenvalue weighted by Crippen LogP contribution is -2.17. The van der Waals surface area contributed by atoms with E-state index in [1.54, 1.807) is 7.11 Å². The molecule has 0 fully saturated rings. The standard InChI is InChI=1S/C17H26N2O/c1-3-10-18-11-9-15-14-19(12-6-13-20-2)17-8-5-4-7-16(15)17/h4-5,7-8,14,18H,3,6,9-13H2,1-2H3. The molecule has 20 heavy (non-hydrogen) atoms. The summed E-state index contributed by atoms with van der Waals surface area (Å²) in [6.07, 6.45) is 5.66. The molecule has 3 nitrogen and oxygen atoms in total. The fourth-order valence-corrected chi connectivity index (χ4v) is 2.61. The number of hydrogen-bond donors (Lipinski definition) is 1. The second kappa shape index (κ2) is 8.08. The number of rotatable bonds is 9. The highest BCUT2D eigenvalue weighted by atomic mass is 16.5. The summed E-state index contributed by atoms with van der Waals surface area (Å²) in [5.41, 5.74) is 2.79. The first-order valence-corrected chi connectivity index (χ1v) is 7.63. The van der Waals surface area contributed by atoms with Gasteiger partial charge in [-0.15, -0.1) is 0 Å². The van der Waals surface area contributed by atoms with Crippen LogP contribution in [0.3, 0.4) is 0 Å². The smallest absolute Gasteiger partial charge is 0.0483 e. The van der Waals surface area contributed by atoms with E-state index in [-0.39, 0.29) is 0 Å². The number of hydrogen-bond acceptors (Lipinski definition) is 2. The molecule has 0 radical (unpaired) electrons. The Labute approximate surface area is 121 Å². The molecule has 0 spiro atoms. The summed E-state index contributed by atoms with van der Waals surface area (Å²) < 4.78 is 7.52. The minimum atomic E-state index is 0.819. The number of aromatic nitrogens is 1. The van der Waals surface area contributed by atoms with Crippen LogP contribution in [0.25, 0.3) is 10.9 Å². The van der Waals surface area contributed by atoms with E-state index in [1.807, 2.05) is 0 Å². The van der Waals surface area contributed by atoms with Crippen LogP contribution in [0, 0.1) is 0 Å². The molecule has 0 aliphatic carbocycles. The molecule has 0 amide bonds. The largest absolute Gasteiger partial charge is 0.385 e. The number of nitrogens with one attached hydrogen (secondary N) is 1. The summed E-state index contributed by atoms with van der Waals surface area (Å²) >= 11 is 0. The molecule has 1 aromatic carbocycles. The predicted octanol–water partition coefficient (Wildman–Crippen LogP) is 3.22. The fraction of sp³-hybridized carbons (Fsp3) is 0.529. The van der Waals surface area contributed by atoms with Gasteiger partial charge >= 0.3 is 0 Å². The van der Waals surface area contributed by atoms with E-state index in [2.05, 4.69) is 47.3 Å². The maximum atomic E-state index is 5.15. The Morgan fingerprint density at radius 2 is 2.05 bits per heavy atom. The normalized spacial score (nSPS) is 11.3. The first-order chi connectivity index (χ1) is 9.86. The minimum absolute atomic E-state index is 0.819. The van der Waals surface area contributed by atoms with Crippen LogP contribution in [0.2, 0.25) is 0 Å². The van der Waals surface area contributed by atoms with E-state index in [0.29, 0.717) is 0 Å². The summed E-state index contributed by atoms with van der Waals surface area (Å²) in [4.78, 5) is 0. The number of aryl methyl sites for hydroxylation is 1. The van der Waals surface area contributed by atoms with Gasteiger partial charge in [-0.1, -0.05) is 25.1 Å². The Morgan fingerprint density at radius 3 is 2.85 bits per heavy atom. The van der Waals surface area contributed by atoms with Crippen LogP contribution in [0.1, 0.15) is 25.3 Å². The summed E-state index contributed by atoms with van der Waals surface area (Å²) in [6, 6.07) is 8.70. The molecule has 0 aliphatic rings. The van der Waals surface area contributed by atoms with Crippen LogP contribution >= 0.6 is 0 Å². The van der Waals surface area contributed by atoms with Gasteiger partial charge in [0.15, 0.2) is 0 Å². The lowest BCUT2D eigenvalue weighted by Gasteiger charge is -2.04. The van der Waals surface area contributed by atoms with Crippen molar-refractivity contribution in [1.29, 1.82) is 0 Å². The second-order valence-corrected chi connectivity index (χ2v) is 5.21. The van der Waals surface area contributed by atoms with Gasteiger partial charge < -0.3 is 14.6 Å². The molecular weight excluding hydrogens is 248 g/mol. The van der Waals surface area contributed by atoms with Crippen LogP contribution < -0.4 is 5.32 Å². The number of methoxy groups -OCH3 is 1. The highest BCUT2D eigenvalue weighted by molar-refractivity contribution is 5.84. The van der Waals surface area contributed by atoms with Crippen LogP contribution in [0.4, 0.5) is 0 Å². The molecule has 2 rings (SSSR count). The van der Waals surface area contributed by atoms with Gasteiger partial charge in [0.2, 0.25) is 0 Å². The Kier molecular flexibility index (Phi) is 6.09. The van der Waals surface area contributed by atoms with Gasteiger partial charge in [0, 0.05) is 37.4 Å². The van der Waals surface area contributed by atoms with E-state index in [9.17, 15) is 0 Å². The van der Waals surface area contributed by atoms with Gasteiger partial charge in [0.05, 0.1) is 0 Å². The number of para-hydroxylation sites is 1. The maximum Gasteiger partial charge on any atom is 0.0483 e. The average molecular weight is 274 g/mol. The lowest BCUT2D eigenvalue weighted by molar-refractivity contribution is 0.190. The van der Waals surface area contributed by atoms with Gasteiger partial charge in [-0.3, -0.25) is 0 Å². The van der Waals surface area contributed by atoms with Crippen molar-refractivity contribution in [2.75, 3.05) is 26.8 Å². The molecule has 0 atom stereocenters. The number of ether oxygens (including phenoxy) is 1. The van der Waals surface area contributed by atoms with E-state index in [0.717, 1.165) is 39.1 Å². The third kappa shape index (κ3) is 3.84. The lowest BCUT2D eigenvalue weighted by atomic mass is 10.1. The second-order valence-electron chi connectivity index (χ2n) is 5.21. The van der Waals surface area contributed by atoms with Crippen molar-refractivity contribution in [3.05, 3.63) is 36.0 Å². The van der Waals surface area contributed by atoms with Crippen molar-refractivity contribution < 1.29 is 4.74 Å². The van der Waals surface area contributed by atoms with Crippen LogP contribution in [-0.4, -0.2) is 31.4 Å². The molecule has 0 saturated heterocycles. The van der Waals surface area contributed by atoms with E-state index < -0.39 is 0 Å². The monoisotopic (exact) mass is 274 g/mol. The van der Waals surface area contributed by atoms with Crippen molar-refractivity contribution >= 4 is 10.9 Å². The van der Waals surface area contributed by atoms with E-state index in [4.69, 9.17) is 4.74 Å². The fourth-order valence-electron chi connectivity index (χ4n) is 2.61. The Morgan fingerprint density at radius 1 is 1.20 bits per heavy atom. The van der Waals surface area contributed by atoms with E-state index >= 15 is 0 Å². The molecular formula is C17H26N2O. The van der Waals surface area contributed by atoms with Gasteiger partial charge in [-0.2, -0.15) is 0 Å². The zero-order chi connectivity index (χ0) is 14.2. The van der Waals surface area contributed by atoms with Crippen LogP contribution in [0.5, 0.6) is 0 Å². The molecule has 1 N–H and O–H groups in total. The number of fused-ring (bicyclic) bond motifs is 1. The number of benzene rings is 1. The molecule has 0 aliphatic heterocycles. The summed E-state index contributed by atoms with van der Waals surface area (Å²) in [5.74, 6) is 0. The molecule has 0 saturated carbocycles.